The Bertz CT molecular complexity index is 632. The molecule has 0 heterocycles. The Labute approximate surface area is 134 Å². The average Bonchev–Trinajstić information content (AvgIpc) is 2.47. The van der Waals surface area contributed by atoms with E-state index in [1.54, 1.807) is 0 Å². The molecule has 22 heavy (non-hydrogen) atoms. The van der Waals surface area contributed by atoms with Crippen molar-refractivity contribution in [2.45, 2.75) is 58.7 Å². The molecule has 0 saturated heterocycles. The minimum absolute atomic E-state index is 0.0894. The van der Waals surface area contributed by atoms with E-state index < -0.39 is 0 Å². The van der Waals surface area contributed by atoms with Gasteiger partial charge in [-0.3, -0.25) is 0 Å². The normalized spacial score (nSPS) is 14.7. The molecule has 0 aliphatic heterocycles. The molecule has 1 heteroatoms. The van der Waals surface area contributed by atoms with Crippen LogP contribution in [0.5, 0.6) is 0 Å². The number of hydrogen-bond donors (Lipinski definition) is 0. The van der Waals surface area contributed by atoms with Gasteiger partial charge in [-0.2, -0.15) is 0 Å². The first kappa shape index (κ1) is 15.3. The van der Waals surface area contributed by atoms with E-state index in [-0.39, 0.29) is 5.60 Å². The summed E-state index contributed by atoms with van der Waals surface area (Å²) in [6.45, 7) is 7.08. The second-order valence-corrected chi connectivity index (χ2v) is 7.32. The SMILES string of the molecule is CC(C)(C)OCc1cc2ccc1CCc1ccc(cc1)CC2. The molecule has 0 atom stereocenters. The lowest BCUT2D eigenvalue weighted by Crippen LogP contribution is -2.19. The molecule has 116 valence electrons. The molecule has 0 amide bonds. The lowest BCUT2D eigenvalue weighted by Gasteiger charge is -2.21. The van der Waals surface area contributed by atoms with Gasteiger partial charge in [-0.05, 0) is 74.3 Å². The van der Waals surface area contributed by atoms with Crippen molar-refractivity contribution in [2.75, 3.05) is 0 Å². The zero-order valence-corrected chi connectivity index (χ0v) is 14.0. The molecule has 4 aliphatic rings. The zero-order valence-electron chi connectivity index (χ0n) is 14.0. The summed E-state index contributed by atoms with van der Waals surface area (Å²) in [6, 6.07) is 16.1. The van der Waals surface area contributed by atoms with Gasteiger partial charge in [0.1, 0.15) is 0 Å². The van der Waals surface area contributed by atoms with Crippen molar-refractivity contribution in [1.29, 1.82) is 0 Å². The summed E-state index contributed by atoms with van der Waals surface area (Å²) in [5.41, 5.74) is 6.98. The second kappa shape index (κ2) is 6.26. The molecule has 1 nitrogen and oxygen atoms in total. The van der Waals surface area contributed by atoms with Crippen LogP contribution in [-0.4, -0.2) is 5.60 Å². The van der Waals surface area contributed by atoms with Crippen LogP contribution in [-0.2, 0) is 37.0 Å². The number of benzene rings is 2. The molecule has 6 rings (SSSR count). The fourth-order valence-corrected chi connectivity index (χ4v) is 2.95. The smallest absolute Gasteiger partial charge is 0.0726 e. The molecule has 0 aromatic heterocycles. The highest BCUT2D eigenvalue weighted by Crippen LogP contribution is 2.21. The van der Waals surface area contributed by atoms with Gasteiger partial charge in [-0.25, -0.2) is 0 Å². The summed E-state index contributed by atoms with van der Waals surface area (Å²) in [4.78, 5) is 0. The Morgan fingerprint density at radius 2 is 1.32 bits per heavy atom. The van der Waals surface area contributed by atoms with Gasteiger partial charge in [-0.15, -0.1) is 0 Å². The molecule has 4 aliphatic carbocycles. The fraction of sp³-hybridized carbons (Fsp3) is 0.429. The lowest BCUT2D eigenvalue weighted by molar-refractivity contribution is -0.0152. The number of ether oxygens (including phenoxy) is 1. The summed E-state index contributed by atoms with van der Waals surface area (Å²) >= 11 is 0. The first-order chi connectivity index (χ1) is 10.5. The van der Waals surface area contributed by atoms with E-state index in [0.717, 1.165) is 25.7 Å². The maximum Gasteiger partial charge on any atom is 0.0726 e. The maximum atomic E-state index is 6.03. The second-order valence-electron chi connectivity index (χ2n) is 7.32. The Kier molecular flexibility index (Phi) is 4.35. The largest absolute Gasteiger partial charge is 0.371 e. The van der Waals surface area contributed by atoms with Crippen LogP contribution in [0.15, 0.2) is 42.5 Å². The van der Waals surface area contributed by atoms with Crippen molar-refractivity contribution in [1.82, 2.24) is 0 Å². The molecule has 0 unspecified atom stereocenters. The van der Waals surface area contributed by atoms with Crippen molar-refractivity contribution >= 4 is 0 Å². The van der Waals surface area contributed by atoms with Gasteiger partial charge in [0.15, 0.2) is 0 Å². The van der Waals surface area contributed by atoms with Gasteiger partial charge in [0.25, 0.3) is 0 Å². The third kappa shape index (κ3) is 3.98. The van der Waals surface area contributed by atoms with Crippen LogP contribution in [0, 0.1) is 0 Å². The van der Waals surface area contributed by atoms with Crippen molar-refractivity contribution < 1.29 is 4.74 Å². The van der Waals surface area contributed by atoms with Gasteiger partial charge in [0.05, 0.1) is 12.2 Å². The Morgan fingerprint density at radius 1 is 0.773 bits per heavy atom. The molecule has 4 bridgehead atoms. The molecule has 0 radical (unpaired) electrons. The summed E-state index contributed by atoms with van der Waals surface area (Å²) in [5.74, 6) is 0. The predicted octanol–water partition coefficient (Wildman–Crippen LogP) is 4.89. The fourth-order valence-electron chi connectivity index (χ4n) is 2.95. The van der Waals surface area contributed by atoms with Gasteiger partial charge in [0.2, 0.25) is 0 Å². The molecule has 0 fully saturated rings. The topological polar surface area (TPSA) is 9.23 Å². The first-order valence-corrected chi connectivity index (χ1v) is 8.32. The third-order valence-corrected chi connectivity index (χ3v) is 4.34. The highest BCUT2D eigenvalue weighted by molar-refractivity contribution is 5.35. The molecule has 2 aromatic rings. The summed E-state index contributed by atoms with van der Waals surface area (Å²) in [7, 11) is 0. The number of aryl methyl sites for hydroxylation is 4. The van der Waals surface area contributed by atoms with Crippen molar-refractivity contribution in [2.24, 2.45) is 0 Å². The van der Waals surface area contributed by atoms with Crippen molar-refractivity contribution in [3.63, 3.8) is 0 Å². The van der Waals surface area contributed by atoms with Crippen LogP contribution in [0.3, 0.4) is 0 Å². The van der Waals surface area contributed by atoms with E-state index in [1.165, 1.54) is 27.8 Å². The number of hydrogen-bond acceptors (Lipinski definition) is 1. The van der Waals surface area contributed by atoms with E-state index in [2.05, 4.69) is 63.2 Å². The van der Waals surface area contributed by atoms with E-state index >= 15 is 0 Å². The van der Waals surface area contributed by atoms with E-state index in [4.69, 9.17) is 4.74 Å². The highest BCUT2D eigenvalue weighted by Gasteiger charge is 2.13. The monoisotopic (exact) mass is 294 g/mol. The summed E-state index contributed by atoms with van der Waals surface area (Å²) in [5, 5.41) is 0. The predicted molar refractivity (Wildman–Crippen MR) is 92.2 cm³/mol. The first-order valence-electron chi connectivity index (χ1n) is 8.32. The minimum atomic E-state index is -0.0894. The summed E-state index contributed by atoms with van der Waals surface area (Å²) in [6.07, 6.45) is 4.39. The Balaban J connectivity index is 1.87. The molecular formula is C21H26O. The van der Waals surface area contributed by atoms with Crippen molar-refractivity contribution in [3.8, 4) is 0 Å². The molecule has 0 N–H and O–H groups in total. The zero-order chi connectivity index (χ0) is 15.6. The lowest BCUT2D eigenvalue weighted by atomic mass is 9.93. The van der Waals surface area contributed by atoms with E-state index in [1.807, 2.05) is 0 Å². The van der Waals surface area contributed by atoms with Gasteiger partial charge < -0.3 is 4.74 Å². The average molecular weight is 294 g/mol. The third-order valence-electron chi connectivity index (χ3n) is 4.34. The highest BCUT2D eigenvalue weighted by atomic mass is 16.5. The molecule has 0 saturated carbocycles. The van der Waals surface area contributed by atoms with Crippen LogP contribution in [0.1, 0.15) is 48.6 Å². The molecule has 2 aromatic carbocycles. The van der Waals surface area contributed by atoms with Crippen molar-refractivity contribution in [3.05, 3.63) is 70.3 Å². The van der Waals surface area contributed by atoms with Gasteiger partial charge in [0, 0.05) is 0 Å². The van der Waals surface area contributed by atoms with Gasteiger partial charge >= 0.3 is 0 Å². The van der Waals surface area contributed by atoms with E-state index in [9.17, 15) is 0 Å². The van der Waals surface area contributed by atoms with Crippen LogP contribution < -0.4 is 0 Å². The molecule has 0 spiro atoms. The van der Waals surface area contributed by atoms with E-state index in [0.29, 0.717) is 6.61 Å². The standard InChI is InChI=1S/C21H26O/c1-21(2,3)22-15-20-14-18-9-8-16-4-6-17(7-5-16)10-12-19(20)13-11-18/h4-7,11,13-14H,8-10,12,15H2,1-3H3. The Hall–Kier alpha value is -1.60. The maximum absolute atomic E-state index is 6.03. The minimum Gasteiger partial charge on any atom is -0.371 e. The number of rotatable bonds is 2. The van der Waals surface area contributed by atoms with Gasteiger partial charge in [-0.1, -0.05) is 42.5 Å². The summed E-state index contributed by atoms with van der Waals surface area (Å²) < 4.78 is 6.03. The molecular weight excluding hydrogens is 268 g/mol. The Morgan fingerprint density at radius 3 is 1.95 bits per heavy atom. The van der Waals surface area contributed by atoms with Crippen LogP contribution in [0.4, 0.5) is 0 Å². The van der Waals surface area contributed by atoms with Crippen LogP contribution in [0.25, 0.3) is 0 Å². The van der Waals surface area contributed by atoms with Crippen LogP contribution in [0.2, 0.25) is 0 Å². The van der Waals surface area contributed by atoms with Crippen LogP contribution >= 0.6 is 0 Å². The quantitative estimate of drug-likeness (QED) is 0.766.